The second-order valence-electron chi connectivity index (χ2n) is 7.29. The van der Waals surface area contributed by atoms with E-state index in [1.165, 1.54) is 12.1 Å². The van der Waals surface area contributed by atoms with Crippen LogP contribution in [-0.4, -0.2) is 20.9 Å². The Morgan fingerprint density at radius 2 is 1.80 bits per heavy atom. The van der Waals surface area contributed by atoms with Gasteiger partial charge in [-0.05, 0) is 67.3 Å². The number of hydrogen-bond donors (Lipinski definition) is 1. The Labute approximate surface area is 175 Å². The molecule has 0 radical (unpaired) electrons. The zero-order valence-corrected chi connectivity index (χ0v) is 17.2. The molecule has 5 nitrogen and oxygen atoms in total. The fourth-order valence-corrected chi connectivity index (χ4v) is 4.97. The topological polar surface area (TPSA) is 66.5 Å². The van der Waals surface area contributed by atoms with Crippen LogP contribution in [0.15, 0.2) is 71.6 Å². The van der Waals surface area contributed by atoms with Gasteiger partial charge in [0.1, 0.15) is 5.82 Å². The van der Waals surface area contributed by atoms with E-state index in [1.807, 2.05) is 24.3 Å². The lowest BCUT2D eigenvalue weighted by molar-refractivity contribution is 0.0985. The fourth-order valence-electron chi connectivity index (χ4n) is 3.66. The number of benzene rings is 3. The largest absolute Gasteiger partial charge is 0.308 e. The smallest absolute Gasteiger partial charge is 0.262 e. The minimum atomic E-state index is -3.98. The first-order valence-corrected chi connectivity index (χ1v) is 11.1. The summed E-state index contributed by atoms with van der Waals surface area (Å²) in [5.41, 5.74) is 3.02. The maximum atomic E-state index is 13.6. The van der Waals surface area contributed by atoms with E-state index < -0.39 is 15.8 Å². The summed E-state index contributed by atoms with van der Waals surface area (Å²) in [5, 5.41) is 0. The average molecular weight is 424 g/mol. The lowest BCUT2D eigenvalue weighted by atomic mass is 10.00. The summed E-state index contributed by atoms with van der Waals surface area (Å²) in [5.74, 6) is -0.747. The first-order chi connectivity index (χ1) is 14.3. The molecule has 0 fully saturated rings. The van der Waals surface area contributed by atoms with Crippen molar-refractivity contribution in [2.24, 2.45) is 0 Å². The van der Waals surface area contributed by atoms with Crippen LogP contribution in [0.5, 0.6) is 0 Å². The molecule has 0 saturated heterocycles. The van der Waals surface area contributed by atoms with Gasteiger partial charge in [0, 0.05) is 17.8 Å². The van der Waals surface area contributed by atoms with E-state index in [4.69, 9.17) is 0 Å². The van der Waals surface area contributed by atoms with Gasteiger partial charge in [-0.25, -0.2) is 12.8 Å². The van der Waals surface area contributed by atoms with Crippen LogP contribution in [0.2, 0.25) is 0 Å². The van der Waals surface area contributed by atoms with Gasteiger partial charge in [-0.15, -0.1) is 0 Å². The van der Waals surface area contributed by atoms with Gasteiger partial charge in [0.25, 0.3) is 15.9 Å². The van der Waals surface area contributed by atoms with Crippen LogP contribution in [0.4, 0.5) is 15.8 Å². The number of halogens is 1. The molecule has 0 spiro atoms. The maximum Gasteiger partial charge on any atom is 0.262 e. The number of anilines is 2. The molecule has 1 aliphatic rings. The number of hydrogen-bond acceptors (Lipinski definition) is 3. The zero-order chi connectivity index (χ0) is 21.3. The molecule has 1 heterocycles. The number of fused-ring (bicyclic) bond motifs is 1. The predicted molar refractivity (Wildman–Crippen MR) is 115 cm³/mol. The number of nitrogens with zero attached hydrogens (tertiary/aromatic N) is 1. The highest BCUT2D eigenvalue weighted by Gasteiger charge is 2.25. The van der Waals surface area contributed by atoms with Gasteiger partial charge in [-0.3, -0.25) is 9.52 Å². The lowest BCUT2D eigenvalue weighted by Crippen LogP contribution is -2.35. The van der Waals surface area contributed by atoms with Gasteiger partial charge in [0.15, 0.2) is 0 Å². The monoisotopic (exact) mass is 424 g/mol. The molecule has 0 unspecified atom stereocenters. The van der Waals surface area contributed by atoms with Crippen molar-refractivity contribution in [2.45, 2.75) is 24.7 Å². The Kier molecular flexibility index (Phi) is 5.30. The third kappa shape index (κ3) is 3.93. The van der Waals surface area contributed by atoms with Crippen LogP contribution < -0.4 is 9.62 Å². The average Bonchev–Trinajstić information content (AvgIpc) is 2.74. The Bertz CT molecular complexity index is 1210. The van der Waals surface area contributed by atoms with E-state index in [0.717, 1.165) is 24.5 Å². The molecule has 0 aromatic heterocycles. The van der Waals surface area contributed by atoms with Crippen LogP contribution in [0, 0.1) is 12.7 Å². The summed E-state index contributed by atoms with van der Waals surface area (Å²) in [6, 6.07) is 17.8. The van der Waals surface area contributed by atoms with Gasteiger partial charge in [0.05, 0.1) is 10.6 Å². The number of carbonyl (C=O) groups is 1. The van der Waals surface area contributed by atoms with E-state index in [-0.39, 0.29) is 10.8 Å². The molecule has 0 atom stereocenters. The molecular weight excluding hydrogens is 403 g/mol. The highest BCUT2D eigenvalue weighted by Crippen LogP contribution is 2.32. The summed E-state index contributed by atoms with van der Waals surface area (Å²) in [4.78, 5) is 14.6. The predicted octanol–water partition coefficient (Wildman–Crippen LogP) is 4.53. The summed E-state index contributed by atoms with van der Waals surface area (Å²) in [6.07, 6.45) is 1.64. The van der Waals surface area contributed by atoms with Crippen molar-refractivity contribution in [3.05, 3.63) is 89.2 Å². The van der Waals surface area contributed by atoms with E-state index >= 15 is 0 Å². The third-order valence-electron chi connectivity index (χ3n) is 5.16. The molecule has 4 rings (SSSR count). The molecule has 0 bridgehead atoms. The van der Waals surface area contributed by atoms with Gasteiger partial charge in [0.2, 0.25) is 0 Å². The number of amides is 1. The molecule has 3 aromatic carbocycles. The summed E-state index contributed by atoms with van der Waals surface area (Å²) in [7, 11) is -3.98. The first kappa shape index (κ1) is 20.1. The summed E-state index contributed by atoms with van der Waals surface area (Å²) in [6.45, 7) is 2.17. The van der Waals surface area contributed by atoms with E-state index in [2.05, 4.69) is 4.72 Å². The Balaban J connectivity index is 1.68. The normalized spacial score (nSPS) is 13.6. The van der Waals surface area contributed by atoms with E-state index in [0.29, 0.717) is 29.0 Å². The summed E-state index contributed by atoms with van der Waals surface area (Å²) < 4.78 is 41.8. The summed E-state index contributed by atoms with van der Waals surface area (Å²) >= 11 is 0. The van der Waals surface area contributed by atoms with Crippen LogP contribution >= 0.6 is 0 Å². The van der Waals surface area contributed by atoms with Gasteiger partial charge >= 0.3 is 0 Å². The second kappa shape index (κ2) is 7.91. The minimum Gasteiger partial charge on any atom is -0.308 e. The maximum absolute atomic E-state index is 13.6. The number of rotatable bonds is 4. The molecule has 7 heteroatoms. The van der Waals surface area contributed by atoms with Crippen molar-refractivity contribution >= 4 is 27.3 Å². The molecule has 30 heavy (non-hydrogen) atoms. The molecule has 1 amide bonds. The molecule has 1 N–H and O–H groups in total. The third-order valence-corrected chi connectivity index (χ3v) is 6.69. The van der Waals surface area contributed by atoms with Gasteiger partial charge in [-0.1, -0.05) is 30.3 Å². The minimum absolute atomic E-state index is 0.113. The number of aryl methyl sites for hydroxylation is 2. The number of sulfonamides is 1. The van der Waals surface area contributed by atoms with E-state index in [9.17, 15) is 17.6 Å². The molecular formula is C23H21FN2O3S. The molecule has 0 aliphatic carbocycles. The van der Waals surface area contributed by atoms with Crippen LogP contribution in [0.1, 0.15) is 27.9 Å². The van der Waals surface area contributed by atoms with Crippen molar-refractivity contribution in [3.63, 3.8) is 0 Å². The molecule has 0 saturated carbocycles. The highest BCUT2D eigenvalue weighted by atomic mass is 32.2. The van der Waals surface area contributed by atoms with Crippen molar-refractivity contribution in [2.75, 3.05) is 16.2 Å². The van der Waals surface area contributed by atoms with Crippen molar-refractivity contribution < 1.29 is 17.6 Å². The lowest BCUT2D eigenvalue weighted by Gasteiger charge is -2.30. The Morgan fingerprint density at radius 1 is 1.03 bits per heavy atom. The van der Waals surface area contributed by atoms with Crippen molar-refractivity contribution in [1.82, 2.24) is 0 Å². The van der Waals surface area contributed by atoms with E-state index in [1.54, 1.807) is 36.1 Å². The molecule has 154 valence electrons. The highest BCUT2D eigenvalue weighted by molar-refractivity contribution is 7.92. The van der Waals surface area contributed by atoms with Gasteiger partial charge < -0.3 is 4.90 Å². The van der Waals surface area contributed by atoms with Crippen molar-refractivity contribution in [3.8, 4) is 0 Å². The van der Waals surface area contributed by atoms with Crippen LogP contribution in [0.25, 0.3) is 0 Å². The zero-order valence-electron chi connectivity index (χ0n) is 16.4. The van der Waals surface area contributed by atoms with Crippen molar-refractivity contribution in [1.29, 1.82) is 0 Å². The SMILES string of the molecule is Cc1ccc(F)cc1S(=O)(=O)Nc1ccc2c(c1)N(C(=O)c1ccccc1)CCC2. The fraction of sp³-hybridized carbons (Fsp3) is 0.174. The molecule has 3 aromatic rings. The van der Waals surface area contributed by atoms with Gasteiger partial charge in [-0.2, -0.15) is 0 Å². The second-order valence-corrected chi connectivity index (χ2v) is 8.94. The number of carbonyl (C=O) groups excluding carboxylic acids is 1. The molecule has 1 aliphatic heterocycles. The number of nitrogens with one attached hydrogen (secondary N) is 1. The van der Waals surface area contributed by atoms with Crippen LogP contribution in [0.3, 0.4) is 0 Å². The first-order valence-electron chi connectivity index (χ1n) is 9.64. The Morgan fingerprint density at radius 3 is 2.57 bits per heavy atom. The quantitative estimate of drug-likeness (QED) is 0.669. The standard InChI is InChI=1S/C23H21FN2O3S/c1-16-9-11-19(24)14-22(16)30(28,29)25-20-12-10-17-8-5-13-26(21(17)15-20)23(27)18-6-3-2-4-7-18/h2-4,6-7,9-12,14-15,25H,5,8,13H2,1H3. The Hall–Kier alpha value is -3.19. The van der Waals surface area contributed by atoms with Crippen LogP contribution in [-0.2, 0) is 16.4 Å².